The van der Waals surface area contributed by atoms with Gasteiger partial charge in [0, 0.05) is 31.1 Å². The van der Waals surface area contributed by atoms with Crippen molar-refractivity contribution < 1.29 is 13.2 Å². The lowest BCUT2D eigenvalue weighted by Crippen LogP contribution is -2.36. The molecular weight excluding hydrogens is 535 g/mol. The van der Waals surface area contributed by atoms with Crippen molar-refractivity contribution in [3.63, 3.8) is 0 Å². The zero-order valence-corrected chi connectivity index (χ0v) is 22.0. The van der Waals surface area contributed by atoms with E-state index in [4.69, 9.17) is 4.74 Å². The highest BCUT2D eigenvalue weighted by molar-refractivity contribution is 14.0. The molecule has 2 rings (SSSR count). The Labute approximate surface area is 201 Å². The zero-order chi connectivity index (χ0) is 21.4. The molecule has 1 heterocycles. The molecule has 30 heavy (non-hydrogen) atoms. The molecule has 0 aliphatic carbocycles. The average Bonchev–Trinajstić information content (AvgIpc) is 3.15. The Hall–Kier alpha value is -1.37. The van der Waals surface area contributed by atoms with Crippen molar-refractivity contribution in [1.82, 2.24) is 14.9 Å². The highest BCUT2D eigenvalue weighted by atomic mass is 127. The third kappa shape index (κ3) is 7.40. The molecule has 0 saturated heterocycles. The number of aliphatic imine (C=N–C) groups is 1. The SMILES string of the molecule is CCNC(=NCc1ccc(C)cc1OCC)NCc1ccc(S(=O)(=O)N(C)C)s1.I. The molecule has 0 aliphatic heterocycles. The number of sulfonamides is 1. The molecule has 0 atom stereocenters. The quantitative estimate of drug-likeness (QED) is 0.276. The summed E-state index contributed by atoms with van der Waals surface area (Å²) in [6.45, 7) is 8.31. The Morgan fingerprint density at radius 1 is 1.17 bits per heavy atom. The topological polar surface area (TPSA) is 83.0 Å². The molecule has 0 saturated carbocycles. The van der Waals surface area contributed by atoms with Gasteiger partial charge in [0.05, 0.1) is 19.7 Å². The van der Waals surface area contributed by atoms with Gasteiger partial charge in [-0.2, -0.15) is 0 Å². The van der Waals surface area contributed by atoms with Crippen molar-refractivity contribution in [2.75, 3.05) is 27.2 Å². The fraction of sp³-hybridized carbons (Fsp3) is 0.450. The fourth-order valence-corrected chi connectivity index (χ4v) is 5.00. The van der Waals surface area contributed by atoms with Crippen molar-refractivity contribution in [3.05, 3.63) is 46.3 Å². The van der Waals surface area contributed by atoms with Gasteiger partial charge in [-0.1, -0.05) is 12.1 Å². The van der Waals surface area contributed by atoms with Crippen LogP contribution in [-0.2, 0) is 23.1 Å². The van der Waals surface area contributed by atoms with Crippen LogP contribution < -0.4 is 15.4 Å². The predicted octanol–water partition coefficient (Wildman–Crippen LogP) is 3.58. The van der Waals surface area contributed by atoms with Gasteiger partial charge in [0.1, 0.15) is 9.96 Å². The fourth-order valence-electron chi connectivity index (χ4n) is 2.53. The van der Waals surface area contributed by atoms with Gasteiger partial charge in [-0.3, -0.25) is 0 Å². The maximum Gasteiger partial charge on any atom is 0.252 e. The minimum absolute atomic E-state index is 0. The van der Waals surface area contributed by atoms with E-state index in [1.807, 2.05) is 45.0 Å². The molecule has 0 amide bonds. The molecule has 0 fully saturated rings. The number of halogens is 1. The number of aryl methyl sites for hydroxylation is 1. The van der Waals surface area contributed by atoms with E-state index in [1.54, 1.807) is 6.07 Å². The lowest BCUT2D eigenvalue weighted by molar-refractivity contribution is 0.336. The van der Waals surface area contributed by atoms with Crippen molar-refractivity contribution in [2.24, 2.45) is 4.99 Å². The minimum Gasteiger partial charge on any atom is -0.494 e. The van der Waals surface area contributed by atoms with Crippen molar-refractivity contribution in [1.29, 1.82) is 0 Å². The molecule has 2 aromatic rings. The predicted molar refractivity (Wildman–Crippen MR) is 135 cm³/mol. The maximum atomic E-state index is 12.2. The van der Waals surface area contributed by atoms with E-state index >= 15 is 0 Å². The molecule has 7 nitrogen and oxygen atoms in total. The second-order valence-electron chi connectivity index (χ2n) is 6.60. The standard InChI is InChI=1S/C20H30N4O3S2.HI/c1-6-21-20(22-13-16-9-8-15(3)12-18(16)27-7-2)23-14-17-10-11-19(28-17)29(25,26)24(4)5;/h8-12H,6-7,13-14H2,1-5H3,(H2,21,22,23);1H. The maximum absolute atomic E-state index is 12.2. The van der Waals surface area contributed by atoms with E-state index in [1.165, 1.54) is 29.7 Å². The number of nitrogens with one attached hydrogen (secondary N) is 2. The Bertz CT molecular complexity index is 943. The Morgan fingerprint density at radius 2 is 1.90 bits per heavy atom. The minimum atomic E-state index is -3.40. The summed E-state index contributed by atoms with van der Waals surface area (Å²) in [5.74, 6) is 1.52. The van der Waals surface area contributed by atoms with Crippen LogP contribution in [0, 0.1) is 6.92 Å². The number of guanidine groups is 1. The molecule has 0 bridgehead atoms. The summed E-state index contributed by atoms with van der Waals surface area (Å²) >= 11 is 1.26. The van der Waals surface area contributed by atoms with Gasteiger partial charge in [0.2, 0.25) is 0 Å². The van der Waals surface area contributed by atoms with Gasteiger partial charge in [0.15, 0.2) is 5.96 Å². The van der Waals surface area contributed by atoms with E-state index in [0.717, 1.165) is 28.3 Å². The third-order valence-electron chi connectivity index (χ3n) is 4.08. The summed E-state index contributed by atoms with van der Waals surface area (Å²) in [5, 5.41) is 6.48. The molecule has 2 N–H and O–H groups in total. The van der Waals surface area contributed by atoms with Crippen LogP contribution in [0.3, 0.4) is 0 Å². The summed E-state index contributed by atoms with van der Waals surface area (Å²) < 4.78 is 31.7. The Morgan fingerprint density at radius 3 is 2.53 bits per heavy atom. The molecule has 0 unspecified atom stereocenters. The number of ether oxygens (including phenoxy) is 1. The second kappa shape index (κ2) is 12.5. The van der Waals surface area contributed by atoms with Crippen LogP contribution in [0.5, 0.6) is 5.75 Å². The Balaban J connectivity index is 0.00000450. The molecule has 0 aliphatic rings. The lowest BCUT2D eigenvalue weighted by Gasteiger charge is -2.13. The summed E-state index contributed by atoms with van der Waals surface area (Å²) in [6, 6.07) is 9.57. The molecule has 1 aromatic heterocycles. The van der Waals surface area contributed by atoms with Gasteiger partial charge < -0.3 is 15.4 Å². The monoisotopic (exact) mass is 566 g/mol. The van der Waals surface area contributed by atoms with E-state index in [-0.39, 0.29) is 24.0 Å². The first-order valence-corrected chi connectivity index (χ1v) is 11.8. The van der Waals surface area contributed by atoms with E-state index in [0.29, 0.717) is 29.9 Å². The van der Waals surface area contributed by atoms with E-state index in [2.05, 4.69) is 15.6 Å². The summed E-state index contributed by atoms with van der Waals surface area (Å²) in [4.78, 5) is 5.57. The molecule has 10 heteroatoms. The average molecular weight is 567 g/mol. The number of benzene rings is 1. The first-order valence-electron chi connectivity index (χ1n) is 9.53. The van der Waals surface area contributed by atoms with Gasteiger partial charge >= 0.3 is 0 Å². The van der Waals surface area contributed by atoms with Crippen LogP contribution >= 0.6 is 35.3 Å². The van der Waals surface area contributed by atoms with Crippen molar-refractivity contribution in [2.45, 2.75) is 38.1 Å². The highest BCUT2D eigenvalue weighted by Crippen LogP contribution is 2.24. The molecule has 168 valence electrons. The number of nitrogens with zero attached hydrogens (tertiary/aromatic N) is 2. The van der Waals surface area contributed by atoms with Crippen LogP contribution in [0.2, 0.25) is 0 Å². The van der Waals surface area contributed by atoms with Crippen LogP contribution in [0.15, 0.2) is 39.5 Å². The van der Waals surface area contributed by atoms with Crippen LogP contribution in [0.25, 0.3) is 0 Å². The summed E-state index contributed by atoms with van der Waals surface area (Å²) in [5.41, 5.74) is 2.16. The highest BCUT2D eigenvalue weighted by Gasteiger charge is 2.19. The summed E-state index contributed by atoms with van der Waals surface area (Å²) in [7, 11) is -0.336. The van der Waals surface area contributed by atoms with Crippen LogP contribution in [0.4, 0.5) is 0 Å². The van der Waals surface area contributed by atoms with Crippen LogP contribution in [0.1, 0.15) is 29.9 Å². The molecule has 0 radical (unpaired) electrons. The first-order chi connectivity index (χ1) is 13.8. The van der Waals surface area contributed by atoms with Gasteiger partial charge in [-0.15, -0.1) is 35.3 Å². The number of thiophene rings is 1. The number of rotatable bonds is 9. The smallest absolute Gasteiger partial charge is 0.252 e. The first kappa shape index (κ1) is 26.7. The van der Waals surface area contributed by atoms with Gasteiger partial charge in [-0.25, -0.2) is 17.7 Å². The Kier molecular flexibility index (Phi) is 11.1. The van der Waals surface area contributed by atoms with E-state index in [9.17, 15) is 8.42 Å². The van der Waals surface area contributed by atoms with E-state index < -0.39 is 10.0 Å². The lowest BCUT2D eigenvalue weighted by atomic mass is 10.1. The second-order valence-corrected chi connectivity index (χ2v) is 10.1. The number of hydrogen-bond acceptors (Lipinski definition) is 5. The zero-order valence-electron chi connectivity index (χ0n) is 18.1. The van der Waals surface area contributed by atoms with Crippen LogP contribution in [-0.4, -0.2) is 45.9 Å². The molecule has 0 spiro atoms. The van der Waals surface area contributed by atoms with Gasteiger partial charge in [0.25, 0.3) is 10.0 Å². The van der Waals surface area contributed by atoms with Gasteiger partial charge in [-0.05, 0) is 44.5 Å². The van der Waals surface area contributed by atoms with Crippen molar-refractivity contribution >= 4 is 51.3 Å². The summed E-state index contributed by atoms with van der Waals surface area (Å²) in [6.07, 6.45) is 0. The third-order valence-corrected chi connectivity index (χ3v) is 7.44. The normalized spacial score (nSPS) is 11.9. The largest absolute Gasteiger partial charge is 0.494 e. The van der Waals surface area contributed by atoms with Crippen molar-refractivity contribution in [3.8, 4) is 5.75 Å². The molecule has 1 aromatic carbocycles. The molecular formula is C20H31IN4O3S2. The number of hydrogen-bond donors (Lipinski definition) is 2.